The van der Waals surface area contributed by atoms with Crippen LogP contribution in [0.5, 0.6) is 0 Å². The van der Waals surface area contributed by atoms with Gasteiger partial charge < -0.3 is 19.9 Å². The summed E-state index contributed by atoms with van der Waals surface area (Å²) in [5.41, 5.74) is 0.730. The summed E-state index contributed by atoms with van der Waals surface area (Å²) < 4.78 is 43.3. The van der Waals surface area contributed by atoms with Crippen LogP contribution in [-0.4, -0.2) is 27.0 Å². The maximum Gasteiger partial charge on any atom is 0.416 e. The van der Waals surface area contributed by atoms with Crippen molar-refractivity contribution in [3.8, 4) is 11.5 Å². The monoisotopic (exact) mass is 365 g/mol. The number of halogens is 3. The van der Waals surface area contributed by atoms with Gasteiger partial charge in [-0.1, -0.05) is 12.1 Å². The second kappa shape index (κ2) is 7.14. The number of aliphatic hydroxyl groups excluding tert-OH is 2. The van der Waals surface area contributed by atoms with Crippen LogP contribution < -0.4 is 5.32 Å². The van der Waals surface area contributed by atoms with Crippen LogP contribution in [0.4, 0.5) is 24.5 Å². The number of aromatic nitrogens is 2. The topological polar surface area (TPSA) is 91.4 Å². The van der Waals surface area contributed by atoms with Gasteiger partial charge in [-0.05, 0) is 36.4 Å². The minimum absolute atomic E-state index is 0.0995. The molecule has 0 fully saturated rings. The molecule has 9 heteroatoms. The van der Waals surface area contributed by atoms with Gasteiger partial charge in [-0.2, -0.15) is 13.2 Å². The highest BCUT2D eigenvalue weighted by atomic mass is 19.4. The highest BCUT2D eigenvalue weighted by molar-refractivity contribution is 5.76. The van der Waals surface area contributed by atoms with Gasteiger partial charge >= 0.3 is 6.18 Å². The van der Waals surface area contributed by atoms with Crippen LogP contribution in [0.1, 0.15) is 17.6 Å². The van der Waals surface area contributed by atoms with E-state index in [4.69, 9.17) is 9.52 Å². The van der Waals surface area contributed by atoms with Crippen LogP contribution in [0.3, 0.4) is 0 Å². The molecular weight excluding hydrogens is 351 g/mol. The van der Waals surface area contributed by atoms with Crippen molar-refractivity contribution in [3.05, 3.63) is 60.0 Å². The number of nitrogens with zero attached hydrogens (tertiary/aromatic N) is 2. The molecule has 1 unspecified atom stereocenters. The van der Waals surface area contributed by atoms with E-state index in [-0.39, 0.29) is 11.8 Å². The lowest BCUT2D eigenvalue weighted by Gasteiger charge is -2.11. The van der Waals surface area contributed by atoms with Gasteiger partial charge in [0.2, 0.25) is 11.8 Å². The van der Waals surface area contributed by atoms with Crippen molar-refractivity contribution in [3.63, 3.8) is 0 Å². The standard InChI is InChI=1S/C17H14F3N3O3/c18-17(19,20)10-5-7-11(8-6-10)21-13-4-2-1-3-12(13)15-22-23-16(26-15)14(25)9-24/h1-8,14,21,24-25H,9H2. The molecule has 6 nitrogen and oxygen atoms in total. The fraction of sp³-hybridized carbons (Fsp3) is 0.176. The SMILES string of the molecule is OCC(O)c1nnc(-c2ccccc2Nc2ccc(C(F)(F)F)cc2)o1. The molecule has 1 heterocycles. The first kappa shape index (κ1) is 17.9. The zero-order valence-electron chi connectivity index (χ0n) is 13.2. The number of para-hydroxylation sites is 1. The molecule has 0 amide bonds. The minimum Gasteiger partial charge on any atom is -0.418 e. The maximum atomic E-state index is 12.6. The zero-order chi connectivity index (χ0) is 18.7. The van der Waals surface area contributed by atoms with Crippen LogP contribution >= 0.6 is 0 Å². The Kier molecular flexibility index (Phi) is 4.92. The van der Waals surface area contributed by atoms with Crippen LogP contribution in [0.15, 0.2) is 52.9 Å². The number of nitrogens with one attached hydrogen (secondary N) is 1. The lowest BCUT2D eigenvalue weighted by molar-refractivity contribution is -0.137. The van der Waals surface area contributed by atoms with Crippen molar-refractivity contribution in [2.45, 2.75) is 12.3 Å². The fourth-order valence-electron chi connectivity index (χ4n) is 2.23. The number of hydrogen-bond acceptors (Lipinski definition) is 6. The van der Waals surface area contributed by atoms with Crippen molar-refractivity contribution in [1.29, 1.82) is 0 Å². The van der Waals surface area contributed by atoms with Crippen LogP contribution in [0.2, 0.25) is 0 Å². The van der Waals surface area contributed by atoms with Gasteiger partial charge in [0.25, 0.3) is 0 Å². The van der Waals surface area contributed by atoms with Gasteiger partial charge in [0.15, 0.2) is 6.10 Å². The molecule has 0 saturated heterocycles. The predicted octanol–water partition coefficient (Wildman–Crippen LogP) is 3.52. The average molecular weight is 365 g/mol. The predicted molar refractivity (Wildman–Crippen MR) is 86.5 cm³/mol. The quantitative estimate of drug-likeness (QED) is 0.641. The number of alkyl halides is 3. The van der Waals surface area contributed by atoms with Crippen LogP contribution in [0, 0.1) is 0 Å². The summed E-state index contributed by atoms with van der Waals surface area (Å²) in [7, 11) is 0. The minimum atomic E-state index is -4.40. The number of aliphatic hydroxyl groups is 2. The molecule has 136 valence electrons. The molecular formula is C17H14F3N3O3. The Morgan fingerprint density at radius 2 is 1.73 bits per heavy atom. The van der Waals surface area contributed by atoms with Crippen molar-refractivity contribution in [2.24, 2.45) is 0 Å². The first-order chi connectivity index (χ1) is 12.4. The third-order valence-electron chi connectivity index (χ3n) is 3.55. The van der Waals surface area contributed by atoms with E-state index in [0.717, 1.165) is 12.1 Å². The van der Waals surface area contributed by atoms with E-state index in [1.54, 1.807) is 24.3 Å². The molecule has 1 atom stereocenters. The normalized spacial score (nSPS) is 12.8. The van der Waals surface area contributed by atoms with E-state index < -0.39 is 24.5 Å². The largest absolute Gasteiger partial charge is 0.418 e. The van der Waals surface area contributed by atoms with Crippen molar-refractivity contribution in [1.82, 2.24) is 10.2 Å². The van der Waals surface area contributed by atoms with Crippen molar-refractivity contribution in [2.75, 3.05) is 11.9 Å². The highest BCUT2D eigenvalue weighted by Crippen LogP contribution is 2.33. The van der Waals surface area contributed by atoms with E-state index in [9.17, 15) is 18.3 Å². The first-order valence-electron chi connectivity index (χ1n) is 7.54. The molecule has 3 rings (SSSR count). The molecule has 3 N–H and O–H groups in total. The van der Waals surface area contributed by atoms with E-state index >= 15 is 0 Å². The lowest BCUT2D eigenvalue weighted by Crippen LogP contribution is -2.04. The van der Waals surface area contributed by atoms with Crippen molar-refractivity contribution >= 4 is 11.4 Å². The van der Waals surface area contributed by atoms with Gasteiger partial charge in [-0.3, -0.25) is 0 Å². The molecule has 0 radical (unpaired) electrons. The molecule has 26 heavy (non-hydrogen) atoms. The number of rotatable bonds is 5. The van der Waals surface area contributed by atoms with Gasteiger partial charge in [0, 0.05) is 5.69 Å². The third-order valence-corrected chi connectivity index (χ3v) is 3.55. The van der Waals surface area contributed by atoms with E-state index in [2.05, 4.69) is 15.5 Å². The zero-order valence-corrected chi connectivity index (χ0v) is 13.2. The van der Waals surface area contributed by atoms with E-state index in [0.29, 0.717) is 16.9 Å². The Labute approximate surface area is 145 Å². The Morgan fingerprint density at radius 3 is 2.38 bits per heavy atom. The number of benzene rings is 2. The number of anilines is 2. The number of hydrogen-bond donors (Lipinski definition) is 3. The summed E-state index contributed by atoms with van der Waals surface area (Å²) >= 11 is 0. The Bertz CT molecular complexity index is 879. The van der Waals surface area contributed by atoms with Crippen molar-refractivity contribution < 1.29 is 27.8 Å². The molecule has 0 aliphatic rings. The smallest absolute Gasteiger partial charge is 0.416 e. The maximum absolute atomic E-state index is 12.6. The van der Waals surface area contributed by atoms with E-state index in [1.807, 2.05) is 0 Å². The third kappa shape index (κ3) is 3.84. The lowest BCUT2D eigenvalue weighted by atomic mass is 10.1. The summed E-state index contributed by atoms with van der Waals surface area (Å²) in [6.45, 7) is -0.562. The first-order valence-corrected chi connectivity index (χ1v) is 7.54. The summed E-state index contributed by atoms with van der Waals surface area (Å²) in [6.07, 6.45) is -5.68. The Morgan fingerprint density at radius 1 is 1.04 bits per heavy atom. The summed E-state index contributed by atoms with van der Waals surface area (Å²) in [4.78, 5) is 0. The molecule has 2 aromatic carbocycles. The molecule has 3 aromatic rings. The molecule has 0 aliphatic heterocycles. The molecule has 0 saturated carbocycles. The molecule has 0 spiro atoms. The van der Waals surface area contributed by atoms with Gasteiger partial charge in [-0.15, -0.1) is 10.2 Å². The van der Waals surface area contributed by atoms with E-state index in [1.165, 1.54) is 12.1 Å². The molecule has 0 aliphatic carbocycles. The Hall–Kier alpha value is -2.91. The van der Waals surface area contributed by atoms with Crippen LogP contribution in [0.25, 0.3) is 11.5 Å². The van der Waals surface area contributed by atoms with Gasteiger partial charge in [0.1, 0.15) is 0 Å². The summed E-state index contributed by atoms with van der Waals surface area (Å²) in [5, 5.41) is 29.0. The molecule has 1 aromatic heterocycles. The Balaban J connectivity index is 1.87. The van der Waals surface area contributed by atoms with Crippen LogP contribution in [-0.2, 0) is 6.18 Å². The second-order valence-electron chi connectivity index (χ2n) is 5.39. The average Bonchev–Trinajstić information content (AvgIpc) is 3.11. The van der Waals surface area contributed by atoms with Gasteiger partial charge in [-0.25, -0.2) is 0 Å². The second-order valence-corrected chi connectivity index (χ2v) is 5.39. The summed E-state index contributed by atoms with van der Waals surface area (Å²) in [5.74, 6) is -0.0330. The van der Waals surface area contributed by atoms with Gasteiger partial charge in [0.05, 0.1) is 23.4 Å². The summed E-state index contributed by atoms with van der Waals surface area (Å²) in [6, 6.07) is 11.4. The highest BCUT2D eigenvalue weighted by Gasteiger charge is 2.30. The fourth-order valence-corrected chi connectivity index (χ4v) is 2.23. The molecule has 0 bridgehead atoms.